The number of halogens is 1. The van der Waals surface area contributed by atoms with Gasteiger partial charge in [-0.3, -0.25) is 14.5 Å². The number of nitrogen functional groups attached to an aromatic ring is 1. The molecule has 1 saturated heterocycles. The van der Waals surface area contributed by atoms with Crippen molar-refractivity contribution < 1.29 is 14.7 Å². The van der Waals surface area contributed by atoms with Gasteiger partial charge in [0.15, 0.2) is 0 Å². The highest BCUT2D eigenvalue weighted by Gasteiger charge is 2.22. The van der Waals surface area contributed by atoms with Crippen LogP contribution in [0.15, 0.2) is 22.7 Å². The highest BCUT2D eigenvalue weighted by atomic mass is 79.9. The third-order valence-corrected chi connectivity index (χ3v) is 3.97. The van der Waals surface area contributed by atoms with Gasteiger partial charge in [0.2, 0.25) is 0 Å². The fourth-order valence-electron chi connectivity index (χ4n) is 2.42. The predicted octanol–water partition coefficient (Wildman–Crippen LogP) is 1.26. The zero-order chi connectivity index (χ0) is 15.4. The Morgan fingerprint density at radius 2 is 2.00 bits per heavy atom. The average Bonchev–Trinajstić information content (AvgIpc) is 2.63. The molecule has 0 aliphatic carbocycles. The molecule has 3 N–H and O–H groups in total. The first-order valence-corrected chi connectivity index (χ1v) is 7.55. The molecule has 114 valence electrons. The van der Waals surface area contributed by atoms with E-state index in [-0.39, 0.29) is 12.5 Å². The normalized spacial score (nSPS) is 16.5. The molecule has 1 aliphatic rings. The maximum Gasteiger partial charge on any atom is 0.317 e. The van der Waals surface area contributed by atoms with Crippen molar-refractivity contribution in [3.63, 3.8) is 0 Å². The predicted molar refractivity (Wildman–Crippen MR) is 83.2 cm³/mol. The molecule has 0 unspecified atom stereocenters. The van der Waals surface area contributed by atoms with Crippen LogP contribution in [0.1, 0.15) is 16.8 Å². The lowest BCUT2D eigenvalue weighted by Gasteiger charge is -2.22. The van der Waals surface area contributed by atoms with Crippen LogP contribution in [0.4, 0.5) is 5.69 Å². The van der Waals surface area contributed by atoms with Gasteiger partial charge in [0.05, 0.1) is 12.1 Å². The number of benzene rings is 1. The van der Waals surface area contributed by atoms with Crippen LogP contribution >= 0.6 is 15.9 Å². The SMILES string of the molecule is Nc1cc(Br)ccc1C(=O)N1CCCN(CC(=O)O)CC1. The number of nitrogens with zero attached hydrogens (tertiary/aromatic N) is 2. The smallest absolute Gasteiger partial charge is 0.317 e. The van der Waals surface area contributed by atoms with Gasteiger partial charge in [0.25, 0.3) is 5.91 Å². The number of amides is 1. The standard InChI is InChI=1S/C14H18BrN3O3/c15-10-2-3-11(12(16)8-10)14(21)18-5-1-4-17(6-7-18)9-13(19)20/h2-3,8H,1,4-7,9,16H2,(H,19,20). The van der Waals surface area contributed by atoms with Gasteiger partial charge in [-0.05, 0) is 24.6 Å². The molecule has 21 heavy (non-hydrogen) atoms. The quantitative estimate of drug-likeness (QED) is 0.797. The topological polar surface area (TPSA) is 86.9 Å². The molecule has 0 aromatic heterocycles. The van der Waals surface area contributed by atoms with E-state index in [0.29, 0.717) is 37.4 Å². The zero-order valence-corrected chi connectivity index (χ0v) is 13.2. The fraction of sp³-hybridized carbons (Fsp3) is 0.429. The fourth-order valence-corrected chi connectivity index (χ4v) is 2.80. The Labute approximate surface area is 131 Å². The van der Waals surface area contributed by atoms with E-state index in [1.165, 1.54) is 0 Å². The van der Waals surface area contributed by atoms with Gasteiger partial charge in [0, 0.05) is 36.3 Å². The second kappa shape index (κ2) is 6.91. The molecule has 1 fully saturated rings. The number of aliphatic carboxylic acids is 1. The van der Waals surface area contributed by atoms with Crippen molar-refractivity contribution in [2.75, 3.05) is 38.5 Å². The molecule has 0 radical (unpaired) electrons. The van der Waals surface area contributed by atoms with Gasteiger partial charge in [-0.25, -0.2) is 0 Å². The number of hydrogen-bond donors (Lipinski definition) is 2. The molecule has 2 rings (SSSR count). The largest absolute Gasteiger partial charge is 0.480 e. The van der Waals surface area contributed by atoms with E-state index in [0.717, 1.165) is 10.9 Å². The molecular formula is C14H18BrN3O3. The van der Waals surface area contributed by atoms with E-state index in [1.807, 2.05) is 4.90 Å². The van der Waals surface area contributed by atoms with E-state index in [4.69, 9.17) is 10.8 Å². The molecule has 1 aromatic carbocycles. The highest BCUT2D eigenvalue weighted by molar-refractivity contribution is 9.10. The van der Waals surface area contributed by atoms with Crippen LogP contribution in [0.3, 0.4) is 0 Å². The van der Waals surface area contributed by atoms with Gasteiger partial charge in [-0.2, -0.15) is 0 Å². The summed E-state index contributed by atoms with van der Waals surface area (Å²) in [6.07, 6.45) is 0.759. The van der Waals surface area contributed by atoms with Gasteiger partial charge in [0.1, 0.15) is 0 Å². The zero-order valence-electron chi connectivity index (χ0n) is 11.6. The molecule has 0 spiro atoms. The summed E-state index contributed by atoms with van der Waals surface area (Å²) < 4.78 is 0.833. The summed E-state index contributed by atoms with van der Waals surface area (Å²) in [4.78, 5) is 26.8. The minimum absolute atomic E-state index is 0.0163. The highest BCUT2D eigenvalue weighted by Crippen LogP contribution is 2.20. The summed E-state index contributed by atoms with van der Waals surface area (Å²) >= 11 is 3.32. The first-order valence-electron chi connectivity index (χ1n) is 6.76. The number of rotatable bonds is 3. The molecule has 6 nitrogen and oxygen atoms in total. The third kappa shape index (κ3) is 4.18. The summed E-state index contributed by atoms with van der Waals surface area (Å²) in [6.45, 7) is 2.40. The van der Waals surface area contributed by atoms with Crippen molar-refractivity contribution in [1.29, 1.82) is 0 Å². The van der Waals surface area contributed by atoms with Crippen molar-refractivity contribution in [2.45, 2.75) is 6.42 Å². The molecule has 0 bridgehead atoms. The van der Waals surface area contributed by atoms with Crippen molar-refractivity contribution in [1.82, 2.24) is 9.80 Å². The Morgan fingerprint density at radius 3 is 2.67 bits per heavy atom. The van der Waals surface area contributed by atoms with Crippen LogP contribution in [0.2, 0.25) is 0 Å². The van der Waals surface area contributed by atoms with E-state index >= 15 is 0 Å². The van der Waals surface area contributed by atoms with Gasteiger partial charge < -0.3 is 15.7 Å². The summed E-state index contributed by atoms with van der Waals surface area (Å²) in [5.74, 6) is -0.941. The van der Waals surface area contributed by atoms with E-state index in [2.05, 4.69) is 15.9 Å². The molecule has 0 saturated carbocycles. The number of hydrogen-bond acceptors (Lipinski definition) is 4. The van der Waals surface area contributed by atoms with Gasteiger partial charge in [-0.15, -0.1) is 0 Å². The first kappa shape index (κ1) is 15.8. The lowest BCUT2D eigenvalue weighted by Crippen LogP contribution is -2.36. The Balaban J connectivity index is 2.04. The van der Waals surface area contributed by atoms with E-state index < -0.39 is 5.97 Å². The second-order valence-electron chi connectivity index (χ2n) is 5.05. The summed E-state index contributed by atoms with van der Waals surface area (Å²) in [5.41, 5.74) is 6.83. The van der Waals surface area contributed by atoms with Crippen LogP contribution in [-0.2, 0) is 4.79 Å². The summed E-state index contributed by atoms with van der Waals surface area (Å²) in [5, 5.41) is 8.83. The van der Waals surface area contributed by atoms with Crippen LogP contribution in [-0.4, -0.2) is 59.5 Å². The van der Waals surface area contributed by atoms with Crippen molar-refractivity contribution in [3.8, 4) is 0 Å². The number of nitrogens with two attached hydrogens (primary N) is 1. The van der Waals surface area contributed by atoms with Crippen LogP contribution in [0.5, 0.6) is 0 Å². The minimum Gasteiger partial charge on any atom is -0.480 e. The van der Waals surface area contributed by atoms with Crippen molar-refractivity contribution in [3.05, 3.63) is 28.2 Å². The molecule has 1 aromatic rings. The maximum absolute atomic E-state index is 12.5. The lowest BCUT2D eigenvalue weighted by molar-refractivity contribution is -0.138. The lowest BCUT2D eigenvalue weighted by atomic mass is 10.1. The van der Waals surface area contributed by atoms with E-state index in [1.54, 1.807) is 23.1 Å². The van der Waals surface area contributed by atoms with Crippen LogP contribution < -0.4 is 5.73 Å². The first-order chi connectivity index (χ1) is 9.97. The molecule has 7 heteroatoms. The number of carboxylic acid groups (broad SMARTS) is 1. The number of carboxylic acids is 1. The van der Waals surface area contributed by atoms with Crippen molar-refractivity contribution >= 4 is 33.5 Å². The van der Waals surface area contributed by atoms with Gasteiger partial charge >= 0.3 is 5.97 Å². The average molecular weight is 356 g/mol. The minimum atomic E-state index is -0.841. The number of carbonyl (C=O) groups is 2. The molecule has 1 amide bonds. The maximum atomic E-state index is 12.5. The summed E-state index contributed by atoms with van der Waals surface area (Å²) in [7, 11) is 0. The van der Waals surface area contributed by atoms with Crippen LogP contribution in [0, 0.1) is 0 Å². The number of carbonyl (C=O) groups excluding carboxylic acids is 1. The second-order valence-corrected chi connectivity index (χ2v) is 5.96. The molecule has 1 heterocycles. The Morgan fingerprint density at radius 1 is 1.24 bits per heavy atom. The number of anilines is 1. The third-order valence-electron chi connectivity index (χ3n) is 3.48. The molecular weight excluding hydrogens is 338 g/mol. The van der Waals surface area contributed by atoms with Gasteiger partial charge in [-0.1, -0.05) is 15.9 Å². The molecule has 0 atom stereocenters. The Bertz CT molecular complexity index is 550. The Kier molecular flexibility index (Phi) is 5.19. The van der Waals surface area contributed by atoms with Crippen LogP contribution in [0.25, 0.3) is 0 Å². The van der Waals surface area contributed by atoms with E-state index in [9.17, 15) is 9.59 Å². The summed E-state index contributed by atoms with van der Waals surface area (Å²) in [6, 6.07) is 5.21. The van der Waals surface area contributed by atoms with Crippen molar-refractivity contribution in [2.24, 2.45) is 0 Å². The Hall–Kier alpha value is -1.60. The monoisotopic (exact) mass is 355 g/mol. The molecule has 1 aliphatic heterocycles.